The Hall–Kier alpha value is -0.170. The second-order valence-electron chi connectivity index (χ2n) is 4.78. The fourth-order valence-electron chi connectivity index (χ4n) is 2.43. The zero-order valence-electron chi connectivity index (χ0n) is 11.2. The van der Waals surface area contributed by atoms with Crippen molar-refractivity contribution < 1.29 is 13.9 Å². The van der Waals surface area contributed by atoms with E-state index < -0.39 is 18.6 Å². The number of halogens is 5. The summed E-state index contributed by atoms with van der Waals surface area (Å²) < 4.78 is 28.3. The zero-order chi connectivity index (χ0) is 14.8. The topological polar surface area (TPSA) is 35.5 Å². The molecule has 0 amide bonds. The predicted octanol–water partition coefficient (Wildman–Crippen LogP) is 2.99. The molecule has 0 unspecified atom stereocenters. The summed E-state index contributed by atoms with van der Waals surface area (Å²) in [5.74, 6) is -3.24. The van der Waals surface area contributed by atoms with Crippen molar-refractivity contribution in [2.75, 3.05) is 32.8 Å². The van der Waals surface area contributed by atoms with Crippen LogP contribution in [0.1, 0.15) is 11.6 Å². The summed E-state index contributed by atoms with van der Waals surface area (Å²) in [5, 5.41) is 12.7. The minimum absolute atomic E-state index is 0. The van der Waals surface area contributed by atoms with Crippen LogP contribution < -0.4 is 5.32 Å². The van der Waals surface area contributed by atoms with Gasteiger partial charge in [0.05, 0.1) is 10.0 Å². The molecule has 1 aliphatic heterocycles. The van der Waals surface area contributed by atoms with Gasteiger partial charge in [0.25, 0.3) is 5.92 Å². The van der Waals surface area contributed by atoms with Crippen molar-refractivity contribution in [2.24, 2.45) is 0 Å². The number of piperazine rings is 1. The number of hydrogen-bond donors (Lipinski definition) is 2. The highest BCUT2D eigenvalue weighted by Crippen LogP contribution is 2.38. The number of hydrogen-bond acceptors (Lipinski definition) is 3. The molecule has 0 bridgehead atoms. The van der Waals surface area contributed by atoms with Crippen LogP contribution in [0.4, 0.5) is 8.78 Å². The second kappa shape index (κ2) is 7.90. The Kier molecular flexibility index (Phi) is 7.10. The normalized spacial score (nSPS) is 18.1. The number of aliphatic hydroxyl groups excluding tert-OH is 1. The Bertz CT molecular complexity index is 471. The van der Waals surface area contributed by atoms with E-state index in [2.05, 4.69) is 5.32 Å². The zero-order valence-corrected chi connectivity index (χ0v) is 13.5. The van der Waals surface area contributed by atoms with Gasteiger partial charge in [0, 0.05) is 26.2 Å². The minimum Gasteiger partial charge on any atom is -0.390 e. The molecule has 1 aliphatic rings. The van der Waals surface area contributed by atoms with Crippen LogP contribution in [0, 0.1) is 0 Å². The number of alkyl halides is 2. The SMILES string of the molecule is Cl.OCC(F)(F)[C@@H](c1ccc(Cl)c(Cl)c1)N1CCNCC1. The van der Waals surface area contributed by atoms with E-state index in [0.717, 1.165) is 0 Å². The van der Waals surface area contributed by atoms with Crippen LogP contribution in [0.2, 0.25) is 10.0 Å². The number of rotatable bonds is 4. The van der Waals surface area contributed by atoms with Crippen molar-refractivity contribution in [2.45, 2.75) is 12.0 Å². The lowest BCUT2D eigenvalue weighted by Gasteiger charge is -2.38. The van der Waals surface area contributed by atoms with Gasteiger partial charge >= 0.3 is 0 Å². The van der Waals surface area contributed by atoms with Crippen LogP contribution in [0.3, 0.4) is 0 Å². The number of nitrogens with zero attached hydrogens (tertiary/aromatic N) is 1. The molecule has 1 aromatic carbocycles. The molecule has 0 aliphatic carbocycles. The quantitative estimate of drug-likeness (QED) is 0.865. The average Bonchev–Trinajstić information content (AvgIpc) is 2.44. The van der Waals surface area contributed by atoms with Crippen LogP contribution in [-0.2, 0) is 0 Å². The molecule has 0 radical (unpaired) electrons. The van der Waals surface area contributed by atoms with E-state index >= 15 is 0 Å². The first-order valence-electron chi connectivity index (χ1n) is 6.34. The lowest BCUT2D eigenvalue weighted by molar-refractivity contribution is -0.118. The molecule has 0 saturated carbocycles. The van der Waals surface area contributed by atoms with Crippen LogP contribution in [0.15, 0.2) is 18.2 Å². The van der Waals surface area contributed by atoms with Gasteiger partial charge in [-0.05, 0) is 17.7 Å². The largest absolute Gasteiger partial charge is 0.390 e. The molecule has 3 nitrogen and oxygen atoms in total. The van der Waals surface area contributed by atoms with Gasteiger partial charge in [0.2, 0.25) is 0 Å². The molecule has 2 N–H and O–H groups in total. The first-order valence-corrected chi connectivity index (χ1v) is 7.09. The summed E-state index contributed by atoms with van der Waals surface area (Å²) in [4.78, 5) is 1.66. The predicted molar refractivity (Wildman–Crippen MR) is 82.9 cm³/mol. The molecule has 1 heterocycles. The van der Waals surface area contributed by atoms with Gasteiger partial charge < -0.3 is 10.4 Å². The van der Waals surface area contributed by atoms with E-state index in [-0.39, 0.29) is 17.4 Å². The van der Waals surface area contributed by atoms with E-state index in [1.807, 2.05) is 0 Å². The van der Waals surface area contributed by atoms with Crippen molar-refractivity contribution in [1.82, 2.24) is 10.2 Å². The Morgan fingerprint density at radius 2 is 1.86 bits per heavy atom. The van der Waals surface area contributed by atoms with Gasteiger partial charge in [-0.2, -0.15) is 0 Å². The van der Waals surface area contributed by atoms with Crippen molar-refractivity contribution in [3.8, 4) is 0 Å². The Morgan fingerprint density at radius 1 is 1.24 bits per heavy atom. The molecule has 1 saturated heterocycles. The third-order valence-electron chi connectivity index (χ3n) is 3.39. The first kappa shape index (κ1) is 18.9. The number of benzene rings is 1. The van der Waals surface area contributed by atoms with Gasteiger partial charge in [-0.25, -0.2) is 8.78 Å². The molecule has 1 aromatic rings. The van der Waals surface area contributed by atoms with Crippen LogP contribution in [0.25, 0.3) is 0 Å². The van der Waals surface area contributed by atoms with Crippen molar-refractivity contribution >= 4 is 35.6 Å². The molecule has 1 fully saturated rings. The highest BCUT2D eigenvalue weighted by atomic mass is 35.5. The Labute approximate surface area is 138 Å². The second-order valence-corrected chi connectivity index (χ2v) is 5.60. The summed E-state index contributed by atoms with van der Waals surface area (Å²) in [6.07, 6.45) is 0. The monoisotopic (exact) mass is 360 g/mol. The summed E-state index contributed by atoms with van der Waals surface area (Å²) in [6, 6.07) is 3.27. The molecular formula is C13H17Cl3F2N2O. The third-order valence-corrected chi connectivity index (χ3v) is 4.13. The molecule has 8 heteroatoms. The van der Waals surface area contributed by atoms with Gasteiger partial charge in [-0.15, -0.1) is 12.4 Å². The van der Waals surface area contributed by atoms with Crippen LogP contribution in [-0.4, -0.2) is 48.7 Å². The molecule has 120 valence electrons. The maximum absolute atomic E-state index is 14.1. The smallest absolute Gasteiger partial charge is 0.289 e. The Morgan fingerprint density at radius 3 is 2.38 bits per heavy atom. The molecule has 21 heavy (non-hydrogen) atoms. The van der Waals surface area contributed by atoms with E-state index in [9.17, 15) is 8.78 Å². The van der Waals surface area contributed by atoms with E-state index in [4.69, 9.17) is 28.3 Å². The standard InChI is InChI=1S/C13H16Cl2F2N2O.ClH/c14-10-2-1-9(7-11(10)15)12(13(16,17)8-20)19-5-3-18-4-6-19;/h1-2,7,12,18,20H,3-6,8H2;1H/t12-;/m1./s1. The Balaban J connectivity index is 0.00000220. The third kappa shape index (κ3) is 4.41. The van der Waals surface area contributed by atoms with Crippen molar-refractivity contribution in [1.29, 1.82) is 0 Å². The van der Waals surface area contributed by atoms with Gasteiger partial charge in [-0.3, -0.25) is 4.90 Å². The lowest BCUT2D eigenvalue weighted by Crippen LogP contribution is -2.51. The summed E-state index contributed by atoms with van der Waals surface area (Å²) in [6.45, 7) is 1.04. The number of aliphatic hydroxyl groups is 1. The summed E-state index contributed by atoms with van der Waals surface area (Å²) in [5.41, 5.74) is 0.361. The lowest BCUT2D eigenvalue weighted by atomic mass is 9.98. The number of nitrogens with one attached hydrogen (secondary N) is 1. The highest BCUT2D eigenvalue weighted by Gasteiger charge is 2.44. The van der Waals surface area contributed by atoms with Crippen molar-refractivity contribution in [3.63, 3.8) is 0 Å². The van der Waals surface area contributed by atoms with Crippen LogP contribution in [0.5, 0.6) is 0 Å². The molecule has 0 aromatic heterocycles. The minimum atomic E-state index is -3.24. The van der Waals surface area contributed by atoms with Gasteiger partial charge in [0.15, 0.2) is 0 Å². The van der Waals surface area contributed by atoms with Gasteiger partial charge in [-0.1, -0.05) is 29.3 Å². The maximum atomic E-state index is 14.1. The van der Waals surface area contributed by atoms with Gasteiger partial charge in [0.1, 0.15) is 12.6 Å². The average molecular weight is 362 g/mol. The molecule has 1 atom stereocenters. The summed E-state index contributed by atoms with van der Waals surface area (Å²) in [7, 11) is 0. The van der Waals surface area contributed by atoms with Crippen molar-refractivity contribution in [3.05, 3.63) is 33.8 Å². The maximum Gasteiger partial charge on any atom is 0.289 e. The van der Waals surface area contributed by atoms with Crippen LogP contribution >= 0.6 is 35.6 Å². The van der Waals surface area contributed by atoms with E-state index in [1.54, 1.807) is 4.90 Å². The highest BCUT2D eigenvalue weighted by molar-refractivity contribution is 6.42. The summed E-state index contributed by atoms with van der Waals surface area (Å²) >= 11 is 11.7. The molecular weight excluding hydrogens is 345 g/mol. The molecule has 2 rings (SSSR count). The molecule has 0 spiro atoms. The fraction of sp³-hybridized carbons (Fsp3) is 0.538. The first-order chi connectivity index (χ1) is 9.45. The van der Waals surface area contributed by atoms with E-state index in [1.165, 1.54) is 18.2 Å². The fourth-order valence-corrected chi connectivity index (χ4v) is 2.74. The van der Waals surface area contributed by atoms with E-state index in [0.29, 0.717) is 36.8 Å².